The number of rotatable bonds is 3. The monoisotopic (exact) mass is 185 g/mol. The van der Waals surface area contributed by atoms with Crippen LogP contribution in [0.4, 0.5) is 0 Å². The zero-order valence-electron chi connectivity index (χ0n) is 7.29. The Morgan fingerprint density at radius 3 is 3.00 bits per heavy atom. The Morgan fingerprint density at radius 1 is 1.75 bits per heavy atom. The lowest BCUT2D eigenvalue weighted by Gasteiger charge is -1.92. The van der Waals surface area contributed by atoms with E-state index < -0.39 is 0 Å². The Labute approximate surface area is 77.0 Å². The number of aryl methyl sites for hydroxylation is 1. The van der Waals surface area contributed by atoms with E-state index in [2.05, 4.69) is 16.3 Å². The SMILES string of the molecule is C/C(=C\CCCl)c1cnn(C)n1. The second-order valence-electron chi connectivity index (χ2n) is 2.58. The third kappa shape index (κ3) is 2.34. The van der Waals surface area contributed by atoms with Crippen LogP contribution >= 0.6 is 11.6 Å². The zero-order chi connectivity index (χ0) is 8.97. The average Bonchev–Trinajstić information content (AvgIpc) is 2.47. The number of halogens is 1. The molecule has 0 radical (unpaired) electrons. The van der Waals surface area contributed by atoms with Crippen molar-refractivity contribution in [1.29, 1.82) is 0 Å². The Balaban J connectivity index is 2.70. The zero-order valence-corrected chi connectivity index (χ0v) is 8.04. The first kappa shape index (κ1) is 9.26. The molecule has 1 aromatic rings. The molecule has 0 N–H and O–H groups in total. The van der Waals surface area contributed by atoms with Crippen LogP contribution in [0, 0.1) is 0 Å². The Kier molecular flexibility index (Phi) is 3.29. The molecule has 3 nitrogen and oxygen atoms in total. The van der Waals surface area contributed by atoms with Crippen LogP contribution in [0.1, 0.15) is 19.0 Å². The predicted octanol–water partition coefficient (Wildman–Crippen LogP) is 1.85. The summed E-state index contributed by atoms with van der Waals surface area (Å²) in [5.74, 6) is 0.650. The van der Waals surface area contributed by atoms with Crippen LogP contribution in [0.3, 0.4) is 0 Å². The van der Waals surface area contributed by atoms with Crippen molar-refractivity contribution in [2.24, 2.45) is 7.05 Å². The quantitative estimate of drug-likeness (QED) is 0.673. The van der Waals surface area contributed by atoms with Gasteiger partial charge in [0, 0.05) is 12.9 Å². The molecule has 1 heterocycles. The van der Waals surface area contributed by atoms with Crippen molar-refractivity contribution in [3.8, 4) is 0 Å². The minimum Gasteiger partial charge on any atom is -0.187 e. The summed E-state index contributed by atoms with van der Waals surface area (Å²) in [5, 5.41) is 8.14. The van der Waals surface area contributed by atoms with Crippen LogP contribution in [-0.4, -0.2) is 20.9 Å². The number of allylic oxidation sites excluding steroid dienone is 2. The average molecular weight is 186 g/mol. The van der Waals surface area contributed by atoms with Gasteiger partial charge in [-0.1, -0.05) is 6.08 Å². The minimum absolute atomic E-state index is 0.650. The largest absolute Gasteiger partial charge is 0.187 e. The first-order valence-corrected chi connectivity index (χ1v) is 4.37. The molecule has 0 aromatic carbocycles. The molecule has 0 fully saturated rings. The lowest BCUT2D eigenvalue weighted by atomic mass is 10.2. The molecule has 0 aliphatic heterocycles. The Morgan fingerprint density at radius 2 is 2.50 bits per heavy atom. The summed E-state index contributed by atoms with van der Waals surface area (Å²) in [5.41, 5.74) is 2.05. The second-order valence-corrected chi connectivity index (χ2v) is 2.96. The van der Waals surface area contributed by atoms with E-state index in [4.69, 9.17) is 11.6 Å². The number of alkyl halides is 1. The van der Waals surface area contributed by atoms with Gasteiger partial charge >= 0.3 is 0 Å². The van der Waals surface area contributed by atoms with Gasteiger partial charge in [0.25, 0.3) is 0 Å². The summed E-state index contributed by atoms with van der Waals surface area (Å²) in [4.78, 5) is 1.55. The molecule has 0 saturated heterocycles. The molecule has 1 rings (SSSR count). The van der Waals surface area contributed by atoms with Gasteiger partial charge in [0.1, 0.15) is 5.69 Å². The molecule has 1 aromatic heterocycles. The molecule has 0 amide bonds. The van der Waals surface area contributed by atoms with Crippen molar-refractivity contribution in [2.45, 2.75) is 13.3 Å². The molecule has 0 aliphatic rings. The molecule has 4 heteroatoms. The summed E-state index contributed by atoms with van der Waals surface area (Å²) in [6, 6.07) is 0. The Bertz CT molecular complexity index is 278. The molecule has 66 valence electrons. The van der Waals surface area contributed by atoms with Crippen molar-refractivity contribution in [1.82, 2.24) is 15.0 Å². The first-order valence-electron chi connectivity index (χ1n) is 3.83. The fourth-order valence-electron chi connectivity index (χ4n) is 0.902. The summed E-state index contributed by atoms with van der Waals surface area (Å²) in [7, 11) is 1.80. The van der Waals surface area contributed by atoms with Crippen molar-refractivity contribution in [2.75, 3.05) is 5.88 Å². The van der Waals surface area contributed by atoms with Crippen LogP contribution in [0.5, 0.6) is 0 Å². The van der Waals surface area contributed by atoms with Gasteiger partial charge in [0.05, 0.1) is 6.20 Å². The lowest BCUT2D eigenvalue weighted by molar-refractivity contribution is 0.652. The van der Waals surface area contributed by atoms with E-state index in [-0.39, 0.29) is 0 Å². The Hall–Kier alpha value is -0.830. The van der Waals surface area contributed by atoms with Gasteiger partial charge in [-0.05, 0) is 18.9 Å². The molecule has 0 aliphatic carbocycles. The molecule has 0 spiro atoms. The third-order valence-corrected chi connectivity index (χ3v) is 1.78. The van der Waals surface area contributed by atoms with Crippen molar-refractivity contribution >= 4 is 17.2 Å². The number of hydrogen-bond acceptors (Lipinski definition) is 2. The van der Waals surface area contributed by atoms with Crippen molar-refractivity contribution in [3.63, 3.8) is 0 Å². The smallest absolute Gasteiger partial charge is 0.108 e. The second kappa shape index (κ2) is 4.26. The molecular formula is C8H12ClN3. The maximum absolute atomic E-state index is 5.55. The molecule has 0 atom stereocenters. The van der Waals surface area contributed by atoms with Gasteiger partial charge < -0.3 is 0 Å². The molecule has 12 heavy (non-hydrogen) atoms. The predicted molar refractivity (Wildman–Crippen MR) is 50.0 cm³/mol. The van der Waals surface area contributed by atoms with E-state index in [1.807, 2.05) is 6.92 Å². The highest BCUT2D eigenvalue weighted by Crippen LogP contribution is 2.09. The maximum Gasteiger partial charge on any atom is 0.108 e. The van der Waals surface area contributed by atoms with Crippen LogP contribution in [-0.2, 0) is 7.05 Å². The van der Waals surface area contributed by atoms with Crippen LogP contribution in [0.2, 0.25) is 0 Å². The molecule has 0 bridgehead atoms. The maximum atomic E-state index is 5.55. The van der Waals surface area contributed by atoms with E-state index in [0.29, 0.717) is 5.88 Å². The highest BCUT2D eigenvalue weighted by atomic mass is 35.5. The van der Waals surface area contributed by atoms with Crippen LogP contribution in [0.15, 0.2) is 12.3 Å². The van der Waals surface area contributed by atoms with E-state index >= 15 is 0 Å². The van der Waals surface area contributed by atoms with Gasteiger partial charge in [-0.15, -0.1) is 11.6 Å². The first-order chi connectivity index (χ1) is 5.74. The van der Waals surface area contributed by atoms with Gasteiger partial charge in [-0.25, -0.2) is 0 Å². The standard InChI is InChI=1S/C8H12ClN3/c1-7(4-3-5-9)8-6-10-12(2)11-8/h4,6H,3,5H2,1-2H3/b7-4+. The summed E-state index contributed by atoms with van der Waals surface area (Å²) in [6.07, 6.45) is 4.70. The van der Waals surface area contributed by atoms with Crippen molar-refractivity contribution < 1.29 is 0 Å². The molecule has 0 saturated carbocycles. The van der Waals surface area contributed by atoms with Crippen LogP contribution < -0.4 is 0 Å². The number of hydrogen-bond donors (Lipinski definition) is 0. The molecular weight excluding hydrogens is 174 g/mol. The van der Waals surface area contributed by atoms with E-state index in [0.717, 1.165) is 17.7 Å². The van der Waals surface area contributed by atoms with Gasteiger partial charge in [0.2, 0.25) is 0 Å². The summed E-state index contributed by atoms with van der Waals surface area (Å²) in [6.45, 7) is 2.01. The molecule has 0 unspecified atom stereocenters. The van der Waals surface area contributed by atoms with Crippen LogP contribution in [0.25, 0.3) is 5.57 Å². The topological polar surface area (TPSA) is 30.7 Å². The fourth-order valence-corrected chi connectivity index (χ4v) is 1.01. The van der Waals surface area contributed by atoms with E-state index in [9.17, 15) is 0 Å². The summed E-state index contributed by atoms with van der Waals surface area (Å²) < 4.78 is 0. The fraction of sp³-hybridized carbons (Fsp3) is 0.500. The van der Waals surface area contributed by atoms with Gasteiger partial charge in [0.15, 0.2) is 0 Å². The van der Waals surface area contributed by atoms with Gasteiger partial charge in [-0.2, -0.15) is 15.0 Å². The lowest BCUT2D eigenvalue weighted by Crippen LogP contribution is -1.92. The number of aromatic nitrogens is 3. The van der Waals surface area contributed by atoms with E-state index in [1.54, 1.807) is 18.0 Å². The summed E-state index contributed by atoms with van der Waals surface area (Å²) >= 11 is 5.55. The highest BCUT2D eigenvalue weighted by Gasteiger charge is 1.98. The van der Waals surface area contributed by atoms with E-state index in [1.165, 1.54) is 0 Å². The normalized spacial score (nSPS) is 12.1. The number of nitrogens with zero attached hydrogens (tertiary/aromatic N) is 3. The van der Waals surface area contributed by atoms with Gasteiger partial charge in [-0.3, -0.25) is 0 Å². The minimum atomic E-state index is 0.650. The highest BCUT2D eigenvalue weighted by molar-refractivity contribution is 6.17. The van der Waals surface area contributed by atoms with Crippen molar-refractivity contribution in [3.05, 3.63) is 18.0 Å². The third-order valence-electron chi connectivity index (χ3n) is 1.56.